The largest absolute Gasteiger partial charge is 0.352 e. The highest BCUT2D eigenvalue weighted by atomic mass is 79.9. The zero-order valence-electron chi connectivity index (χ0n) is 21.4. The van der Waals surface area contributed by atoms with Gasteiger partial charge >= 0.3 is 0 Å². The van der Waals surface area contributed by atoms with Gasteiger partial charge in [-0.15, -0.1) is 0 Å². The van der Waals surface area contributed by atoms with Gasteiger partial charge in [0, 0.05) is 17.1 Å². The predicted octanol–water partition coefficient (Wildman–Crippen LogP) is 4.89. The molecule has 2 amide bonds. The summed E-state index contributed by atoms with van der Waals surface area (Å²) in [7, 11) is -4.08. The van der Waals surface area contributed by atoms with Crippen LogP contribution in [-0.2, 0) is 26.2 Å². The first kappa shape index (κ1) is 28.4. The van der Waals surface area contributed by atoms with Gasteiger partial charge in [-0.1, -0.05) is 70.0 Å². The van der Waals surface area contributed by atoms with Crippen LogP contribution in [0.25, 0.3) is 0 Å². The molecule has 37 heavy (non-hydrogen) atoms. The number of halogens is 1. The Morgan fingerprint density at radius 2 is 1.57 bits per heavy atom. The Labute approximate surface area is 227 Å². The van der Waals surface area contributed by atoms with Gasteiger partial charge in [-0.05, 0) is 63.6 Å². The minimum absolute atomic E-state index is 0.0680. The molecule has 3 aromatic rings. The van der Waals surface area contributed by atoms with E-state index in [-0.39, 0.29) is 23.4 Å². The number of sulfonamides is 1. The van der Waals surface area contributed by atoms with Gasteiger partial charge in [0.2, 0.25) is 11.8 Å². The van der Waals surface area contributed by atoms with Crippen LogP contribution in [-0.4, -0.2) is 43.8 Å². The van der Waals surface area contributed by atoms with Gasteiger partial charge < -0.3 is 10.2 Å². The molecule has 3 rings (SSSR count). The molecule has 0 aliphatic heterocycles. The number of nitrogens with one attached hydrogen (secondary N) is 1. The summed E-state index contributed by atoms with van der Waals surface area (Å²) in [4.78, 5) is 28.2. The number of nitrogens with zero attached hydrogens (tertiary/aromatic N) is 2. The lowest BCUT2D eigenvalue weighted by Crippen LogP contribution is -2.52. The first-order valence-electron chi connectivity index (χ1n) is 12.0. The third-order valence-electron chi connectivity index (χ3n) is 5.78. The molecule has 0 bridgehead atoms. The number of anilines is 1. The third kappa shape index (κ3) is 7.42. The molecule has 0 aromatic heterocycles. The Hall–Kier alpha value is -3.17. The van der Waals surface area contributed by atoms with Crippen molar-refractivity contribution < 1.29 is 18.0 Å². The molecular weight excluding hydrogens is 554 g/mol. The van der Waals surface area contributed by atoms with Crippen molar-refractivity contribution in [1.29, 1.82) is 0 Å². The Morgan fingerprint density at radius 3 is 2.16 bits per heavy atom. The van der Waals surface area contributed by atoms with Gasteiger partial charge in [0.25, 0.3) is 10.0 Å². The number of aryl methyl sites for hydroxylation is 1. The summed E-state index contributed by atoms with van der Waals surface area (Å²) in [5.74, 6) is -0.804. The summed E-state index contributed by atoms with van der Waals surface area (Å²) in [6.07, 6.45) is 0. The lowest BCUT2D eigenvalue weighted by molar-refractivity contribution is -0.139. The van der Waals surface area contributed by atoms with E-state index in [4.69, 9.17) is 0 Å². The Kier molecular flexibility index (Phi) is 9.50. The van der Waals surface area contributed by atoms with Crippen molar-refractivity contribution in [3.63, 3.8) is 0 Å². The summed E-state index contributed by atoms with van der Waals surface area (Å²) in [6.45, 7) is 6.99. The predicted molar refractivity (Wildman–Crippen MR) is 150 cm³/mol. The van der Waals surface area contributed by atoms with Gasteiger partial charge in [-0.25, -0.2) is 8.42 Å². The second-order valence-corrected chi connectivity index (χ2v) is 11.9. The van der Waals surface area contributed by atoms with Gasteiger partial charge in [-0.3, -0.25) is 13.9 Å². The Bertz CT molecular complexity index is 1330. The lowest BCUT2D eigenvalue weighted by Gasteiger charge is -2.32. The van der Waals surface area contributed by atoms with Crippen molar-refractivity contribution in [2.45, 2.75) is 51.2 Å². The molecule has 196 valence electrons. The van der Waals surface area contributed by atoms with Crippen LogP contribution in [0.3, 0.4) is 0 Å². The summed E-state index contributed by atoms with van der Waals surface area (Å²) in [5, 5.41) is 2.85. The van der Waals surface area contributed by atoms with E-state index in [9.17, 15) is 18.0 Å². The van der Waals surface area contributed by atoms with Crippen LogP contribution >= 0.6 is 15.9 Å². The van der Waals surface area contributed by atoms with E-state index >= 15 is 0 Å². The maximum absolute atomic E-state index is 13.8. The zero-order valence-corrected chi connectivity index (χ0v) is 23.8. The molecule has 0 aliphatic rings. The molecular formula is C28H32BrN3O4S. The number of rotatable bonds is 10. The van der Waals surface area contributed by atoms with Crippen molar-refractivity contribution in [2.75, 3.05) is 10.8 Å². The first-order chi connectivity index (χ1) is 17.5. The van der Waals surface area contributed by atoms with Crippen LogP contribution < -0.4 is 9.62 Å². The van der Waals surface area contributed by atoms with Gasteiger partial charge in [0.05, 0.1) is 10.6 Å². The van der Waals surface area contributed by atoms with Crippen LogP contribution in [0, 0.1) is 6.92 Å². The minimum Gasteiger partial charge on any atom is -0.352 e. The van der Waals surface area contributed by atoms with Gasteiger partial charge in [-0.2, -0.15) is 0 Å². The second-order valence-electron chi connectivity index (χ2n) is 9.15. The topological polar surface area (TPSA) is 86.8 Å². The molecule has 0 saturated heterocycles. The molecule has 0 spiro atoms. The van der Waals surface area contributed by atoms with Crippen molar-refractivity contribution >= 4 is 43.5 Å². The summed E-state index contributed by atoms with van der Waals surface area (Å²) < 4.78 is 29.2. The smallest absolute Gasteiger partial charge is 0.264 e. The standard InChI is InChI=1S/C28H32BrN3O4S/c1-20(2)30-28(34)22(4)31(18-23-15-13-21(3)14-16-23)27(33)19-32(25-10-8-9-24(29)17-25)37(35,36)26-11-6-5-7-12-26/h5-17,20,22H,18-19H2,1-4H3,(H,30,34)/t22-/m0/s1. The van der Waals surface area contributed by atoms with Gasteiger partial charge in [0.15, 0.2) is 0 Å². The van der Waals surface area contributed by atoms with E-state index < -0.39 is 28.5 Å². The number of benzene rings is 3. The highest BCUT2D eigenvalue weighted by molar-refractivity contribution is 9.10. The van der Waals surface area contributed by atoms with E-state index in [0.717, 1.165) is 15.4 Å². The number of hydrogen-bond donors (Lipinski definition) is 1. The van der Waals surface area contributed by atoms with Crippen molar-refractivity contribution in [2.24, 2.45) is 0 Å². The van der Waals surface area contributed by atoms with Crippen molar-refractivity contribution in [3.05, 3.63) is 94.5 Å². The van der Waals surface area contributed by atoms with Crippen LogP contribution in [0.5, 0.6) is 0 Å². The van der Waals surface area contributed by atoms with Gasteiger partial charge in [0.1, 0.15) is 12.6 Å². The fraction of sp³-hybridized carbons (Fsp3) is 0.286. The lowest BCUT2D eigenvalue weighted by atomic mass is 10.1. The molecule has 0 heterocycles. The highest BCUT2D eigenvalue weighted by Gasteiger charge is 2.32. The van der Waals surface area contributed by atoms with Crippen LogP contribution in [0.15, 0.2) is 88.2 Å². The fourth-order valence-electron chi connectivity index (χ4n) is 3.76. The summed E-state index contributed by atoms with van der Waals surface area (Å²) in [5.41, 5.74) is 2.24. The molecule has 0 unspecified atom stereocenters. The molecule has 0 saturated carbocycles. The molecule has 1 N–H and O–H groups in total. The Balaban J connectivity index is 2.01. The SMILES string of the molecule is Cc1ccc(CN(C(=O)CN(c2cccc(Br)c2)S(=O)(=O)c2ccccc2)[C@@H](C)C(=O)NC(C)C)cc1. The maximum Gasteiger partial charge on any atom is 0.264 e. The number of carbonyl (C=O) groups is 2. The first-order valence-corrected chi connectivity index (χ1v) is 14.2. The average molecular weight is 587 g/mol. The average Bonchev–Trinajstić information content (AvgIpc) is 2.86. The number of carbonyl (C=O) groups excluding carboxylic acids is 2. The second kappa shape index (κ2) is 12.4. The van der Waals surface area contributed by atoms with Crippen LogP contribution in [0.1, 0.15) is 31.9 Å². The number of hydrogen-bond acceptors (Lipinski definition) is 4. The van der Waals surface area contributed by atoms with Crippen LogP contribution in [0.2, 0.25) is 0 Å². The molecule has 0 fully saturated rings. The molecule has 7 nitrogen and oxygen atoms in total. The zero-order chi connectivity index (χ0) is 27.2. The molecule has 1 atom stereocenters. The Morgan fingerprint density at radius 1 is 0.919 bits per heavy atom. The molecule has 0 aliphatic carbocycles. The fourth-order valence-corrected chi connectivity index (χ4v) is 5.57. The van der Waals surface area contributed by atoms with Crippen LogP contribution in [0.4, 0.5) is 5.69 Å². The quantitative estimate of drug-likeness (QED) is 0.367. The highest BCUT2D eigenvalue weighted by Crippen LogP contribution is 2.27. The van der Waals surface area contributed by atoms with Crippen molar-refractivity contribution in [3.8, 4) is 0 Å². The molecule has 3 aromatic carbocycles. The third-order valence-corrected chi connectivity index (χ3v) is 8.06. The number of amides is 2. The van der Waals surface area contributed by atoms with Crippen molar-refractivity contribution in [1.82, 2.24) is 10.2 Å². The van der Waals surface area contributed by atoms with E-state index in [1.54, 1.807) is 49.4 Å². The maximum atomic E-state index is 13.8. The summed E-state index contributed by atoms with van der Waals surface area (Å²) >= 11 is 3.39. The monoisotopic (exact) mass is 585 g/mol. The molecule has 9 heteroatoms. The summed E-state index contributed by atoms with van der Waals surface area (Å²) in [6, 6.07) is 21.5. The van der Waals surface area contributed by atoms with E-state index in [0.29, 0.717) is 10.2 Å². The minimum atomic E-state index is -4.08. The molecule has 0 radical (unpaired) electrons. The normalized spacial score (nSPS) is 12.2. The van der Waals surface area contributed by atoms with E-state index in [2.05, 4.69) is 21.2 Å². The van der Waals surface area contributed by atoms with E-state index in [1.165, 1.54) is 17.0 Å². The van der Waals surface area contributed by atoms with E-state index in [1.807, 2.05) is 45.0 Å².